The molecule has 0 amide bonds. The molecule has 0 saturated carbocycles. The third-order valence-corrected chi connectivity index (χ3v) is 3.40. The first-order valence-electron chi connectivity index (χ1n) is 8.82. The van der Waals surface area contributed by atoms with Gasteiger partial charge in [0.1, 0.15) is 0 Å². The third kappa shape index (κ3) is 20.6. The van der Waals surface area contributed by atoms with Crippen LogP contribution in [0.15, 0.2) is 12.2 Å². The minimum atomic E-state index is -1.07. The summed E-state index contributed by atoms with van der Waals surface area (Å²) in [6.45, 7) is 1.96. The first kappa shape index (κ1) is 24.8. The highest BCUT2D eigenvalue weighted by molar-refractivity contribution is 5.79. The van der Waals surface area contributed by atoms with E-state index in [1.807, 2.05) is 0 Å². The molecule has 0 aromatic carbocycles. The van der Waals surface area contributed by atoms with E-state index >= 15 is 0 Å². The highest BCUT2D eigenvalue weighted by Gasteiger charge is 2.17. The predicted octanol–water partition coefficient (Wildman–Crippen LogP) is 3.22. The van der Waals surface area contributed by atoms with Gasteiger partial charge in [-0.15, -0.1) is 0 Å². The van der Waals surface area contributed by atoms with Crippen molar-refractivity contribution >= 4 is 11.9 Å². The molecule has 0 bridgehead atoms. The molecule has 0 aromatic heterocycles. The van der Waals surface area contributed by atoms with E-state index in [9.17, 15) is 9.59 Å². The van der Waals surface area contributed by atoms with Crippen molar-refractivity contribution in [2.24, 2.45) is 5.92 Å². The molecule has 0 aromatic rings. The number of rotatable bonds is 14. The number of carboxylic acids is 2. The third-order valence-electron chi connectivity index (χ3n) is 3.40. The minimum Gasteiger partial charge on any atom is -0.481 e. The molecular formula is C18H34O6. The summed E-state index contributed by atoms with van der Waals surface area (Å²) in [5, 5.41) is 32.7. The van der Waals surface area contributed by atoms with Gasteiger partial charge in [-0.3, -0.25) is 9.59 Å². The van der Waals surface area contributed by atoms with Crippen molar-refractivity contribution in [3.63, 3.8) is 0 Å². The zero-order chi connectivity index (χ0) is 18.6. The van der Waals surface area contributed by atoms with Crippen molar-refractivity contribution < 1.29 is 30.0 Å². The summed E-state index contributed by atoms with van der Waals surface area (Å²) in [5.41, 5.74) is 0. The molecule has 0 aliphatic heterocycles. The van der Waals surface area contributed by atoms with Gasteiger partial charge in [0, 0.05) is 0 Å². The predicted molar refractivity (Wildman–Crippen MR) is 93.9 cm³/mol. The average molecular weight is 346 g/mol. The van der Waals surface area contributed by atoms with Crippen LogP contribution in [0.3, 0.4) is 0 Å². The monoisotopic (exact) mass is 346 g/mol. The summed E-state index contributed by atoms with van der Waals surface area (Å²) in [6.07, 6.45) is 13.7. The second-order valence-electron chi connectivity index (χ2n) is 5.68. The fraction of sp³-hybridized carbons (Fsp3) is 0.778. The van der Waals surface area contributed by atoms with Crippen molar-refractivity contribution in [3.8, 4) is 0 Å². The van der Waals surface area contributed by atoms with E-state index in [4.69, 9.17) is 20.4 Å². The number of hydrogen-bond acceptors (Lipinski definition) is 4. The summed E-state index contributed by atoms with van der Waals surface area (Å²) < 4.78 is 0. The van der Waals surface area contributed by atoms with Crippen LogP contribution in [0.5, 0.6) is 0 Å². The fourth-order valence-electron chi connectivity index (χ4n) is 2.08. The van der Waals surface area contributed by atoms with Crippen molar-refractivity contribution in [1.82, 2.24) is 0 Å². The van der Waals surface area contributed by atoms with Crippen LogP contribution in [0.2, 0.25) is 0 Å². The van der Waals surface area contributed by atoms with Crippen LogP contribution in [-0.4, -0.2) is 45.6 Å². The summed E-state index contributed by atoms with van der Waals surface area (Å²) in [5.74, 6) is -3.05. The van der Waals surface area contributed by atoms with Gasteiger partial charge in [-0.1, -0.05) is 64.0 Å². The SMILES string of the molecule is CCCCCCCCCCC=CC(CC(=O)O)C(=O)O.OCCO. The van der Waals surface area contributed by atoms with E-state index < -0.39 is 17.9 Å². The number of aliphatic carboxylic acids is 2. The van der Waals surface area contributed by atoms with Crippen molar-refractivity contribution in [2.75, 3.05) is 13.2 Å². The molecule has 1 unspecified atom stereocenters. The van der Waals surface area contributed by atoms with Crippen LogP contribution in [-0.2, 0) is 9.59 Å². The lowest BCUT2D eigenvalue weighted by Crippen LogP contribution is -2.15. The van der Waals surface area contributed by atoms with Gasteiger partial charge in [-0.25, -0.2) is 0 Å². The highest BCUT2D eigenvalue weighted by atomic mass is 16.4. The zero-order valence-corrected chi connectivity index (χ0v) is 14.8. The van der Waals surface area contributed by atoms with E-state index in [1.54, 1.807) is 6.08 Å². The van der Waals surface area contributed by atoms with Gasteiger partial charge in [0.25, 0.3) is 0 Å². The lowest BCUT2D eigenvalue weighted by molar-refractivity contribution is -0.146. The van der Waals surface area contributed by atoms with Crippen LogP contribution in [0, 0.1) is 5.92 Å². The minimum absolute atomic E-state index is 0.125. The largest absolute Gasteiger partial charge is 0.481 e. The second-order valence-corrected chi connectivity index (χ2v) is 5.68. The number of aliphatic hydroxyl groups is 2. The van der Waals surface area contributed by atoms with Crippen molar-refractivity contribution in [1.29, 1.82) is 0 Å². The van der Waals surface area contributed by atoms with Gasteiger partial charge in [0.15, 0.2) is 0 Å². The van der Waals surface area contributed by atoms with Crippen LogP contribution in [0.1, 0.15) is 71.1 Å². The molecule has 1 atom stereocenters. The summed E-state index contributed by atoms with van der Waals surface area (Å²) >= 11 is 0. The van der Waals surface area contributed by atoms with Crippen LogP contribution in [0.4, 0.5) is 0 Å². The summed E-state index contributed by atoms with van der Waals surface area (Å²) in [7, 11) is 0. The molecular weight excluding hydrogens is 312 g/mol. The average Bonchev–Trinajstić information content (AvgIpc) is 2.55. The Kier molecular flexibility index (Phi) is 20.3. The number of carboxylic acid groups (broad SMARTS) is 2. The Balaban J connectivity index is 0. The van der Waals surface area contributed by atoms with E-state index in [2.05, 4.69) is 6.92 Å². The van der Waals surface area contributed by atoms with Crippen molar-refractivity contribution in [3.05, 3.63) is 12.2 Å². The standard InChI is InChI=1S/C16H28O4.C2H6O2/c1-2-3-4-5-6-7-8-9-10-11-12-14(16(19)20)13-15(17)18;3-1-2-4/h11-12,14H,2-10,13H2,1H3,(H,17,18)(H,19,20);3-4H,1-2H2. The summed E-state index contributed by atoms with van der Waals surface area (Å²) in [4.78, 5) is 21.3. The van der Waals surface area contributed by atoms with Crippen molar-refractivity contribution in [2.45, 2.75) is 71.1 Å². The van der Waals surface area contributed by atoms with Crippen LogP contribution in [0.25, 0.3) is 0 Å². The quantitative estimate of drug-likeness (QED) is 0.283. The number of carbonyl (C=O) groups is 2. The zero-order valence-electron chi connectivity index (χ0n) is 14.8. The van der Waals surface area contributed by atoms with E-state index in [0.717, 1.165) is 19.3 Å². The van der Waals surface area contributed by atoms with Gasteiger partial charge < -0.3 is 20.4 Å². The number of aliphatic hydroxyl groups excluding tert-OH is 2. The molecule has 4 N–H and O–H groups in total. The van der Waals surface area contributed by atoms with Gasteiger partial charge >= 0.3 is 11.9 Å². The lowest BCUT2D eigenvalue weighted by Gasteiger charge is -2.03. The van der Waals surface area contributed by atoms with E-state index in [0.29, 0.717) is 0 Å². The second kappa shape index (κ2) is 19.6. The molecule has 0 aliphatic carbocycles. The molecule has 0 fully saturated rings. The maximum absolute atomic E-state index is 10.8. The number of unbranched alkanes of at least 4 members (excludes halogenated alkanes) is 8. The number of allylic oxidation sites excluding steroid dienone is 1. The molecule has 6 heteroatoms. The Morgan fingerprint density at radius 2 is 1.38 bits per heavy atom. The molecule has 24 heavy (non-hydrogen) atoms. The smallest absolute Gasteiger partial charge is 0.310 e. The topological polar surface area (TPSA) is 115 Å². The maximum Gasteiger partial charge on any atom is 0.310 e. The molecule has 0 saturated heterocycles. The van der Waals surface area contributed by atoms with Crippen LogP contribution < -0.4 is 0 Å². The molecule has 0 rings (SSSR count). The van der Waals surface area contributed by atoms with Gasteiger partial charge in [-0.2, -0.15) is 0 Å². The fourth-order valence-corrected chi connectivity index (χ4v) is 2.08. The number of hydrogen-bond donors (Lipinski definition) is 4. The first-order valence-corrected chi connectivity index (χ1v) is 8.82. The summed E-state index contributed by atoms with van der Waals surface area (Å²) in [6, 6.07) is 0. The Bertz CT molecular complexity index is 325. The Hall–Kier alpha value is -1.40. The van der Waals surface area contributed by atoms with Gasteiger partial charge in [0.2, 0.25) is 0 Å². The Morgan fingerprint density at radius 1 is 0.875 bits per heavy atom. The molecule has 142 valence electrons. The molecule has 0 aliphatic rings. The highest BCUT2D eigenvalue weighted by Crippen LogP contribution is 2.11. The normalized spacial score (nSPS) is 11.8. The molecule has 6 nitrogen and oxygen atoms in total. The van der Waals surface area contributed by atoms with Gasteiger partial charge in [-0.05, 0) is 12.8 Å². The molecule has 0 radical (unpaired) electrons. The Morgan fingerprint density at radius 3 is 1.79 bits per heavy atom. The Labute approximate surface area is 145 Å². The molecule has 0 heterocycles. The lowest BCUT2D eigenvalue weighted by atomic mass is 10.0. The van der Waals surface area contributed by atoms with E-state index in [1.165, 1.54) is 44.6 Å². The molecule has 0 spiro atoms. The van der Waals surface area contributed by atoms with E-state index in [-0.39, 0.29) is 19.6 Å². The van der Waals surface area contributed by atoms with Gasteiger partial charge in [0.05, 0.1) is 25.6 Å². The maximum atomic E-state index is 10.8. The van der Waals surface area contributed by atoms with Crippen LogP contribution >= 0.6 is 0 Å². The first-order chi connectivity index (χ1) is 11.5.